The number of aromatic nitrogens is 3. The normalized spacial score (nSPS) is 11.7. The van der Waals surface area contributed by atoms with Gasteiger partial charge in [0, 0.05) is 41.6 Å². The van der Waals surface area contributed by atoms with Crippen molar-refractivity contribution in [1.29, 1.82) is 0 Å². The average Bonchev–Trinajstić information content (AvgIpc) is 3.09. The van der Waals surface area contributed by atoms with Crippen LogP contribution < -0.4 is 4.57 Å². The Balaban J connectivity index is 1.62. The minimum Gasteiger partial charge on any atom is -0.361 e. The Morgan fingerprint density at radius 1 is 0.808 bits per heavy atom. The van der Waals surface area contributed by atoms with Crippen molar-refractivity contribution < 1.29 is 4.57 Å². The van der Waals surface area contributed by atoms with Gasteiger partial charge in [0.2, 0.25) is 0 Å². The topological polar surface area (TPSA) is 32.6 Å². The molecule has 3 heterocycles. The number of benzene rings is 1. The highest BCUT2D eigenvalue weighted by atomic mass is 14.9. The highest BCUT2D eigenvalue weighted by molar-refractivity contribution is 5.93. The maximum Gasteiger partial charge on any atom is 0.169 e. The van der Waals surface area contributed by atoms with Gasteiger partial charge in [-0.2, -0.15) is 0 Å². The molecule has 4 aromatic rings. The fourth-order valence-corrected chi connectivity index (χ4v) is 2.88. The zero-order valence-corrected chi connectivity index (χ0v) is 14.6. The number of pyridine rings is 2. The highest BCUT2D eigenvalue weighted by Gasteiger charge is 2.02. The summed E-state index contributed by atoms with van der Waals surface area (Å²) < 4.78 is 2.03. The summed E-state index contributed by atoms with van der Waals surface area (Å²) in [5.41, 5.74) is 5.84. The van der Waals surface area contributed by atoms with Gasteiger partial charge in [-0.3, -0.25) is 4.98 Å². The van der Waals surface area contributed by atoms with Crippen LogP contribution in [-0.4, -0.2) is 9.97 Å². The number of nitrogens with one attached hydrogen (secondary N) is 1. The lowest BCUT2D eigenvalue weighted by atomic mass is 10.1. The molecule has 0 aliphatic carbocycles. The van der Waals surface area contributed by atoms with Crippen molar-refractivity contribution in [2.45, 2.75) is 0 Å². The van der Waals surface area contributed by atoms with Crippen molar-refractivity contribution in [2.75, 3.05) is 0 Å². The molecule has 0 saturated carbocycles. The molecule has 0 bridgehead atoms. The largest absolute Gasteiger partial charge is 0.361 e. The van der Waals surface area contributed by atoms with E-state index in [1.54, 1.807) is 0 Å². The predicted octanol–water partition coefficient (Wildman–Crippen LogP) is 4.73. The van der Waals surface area contributed by atoms with Crippen molar-refractivity contribution in [3.8, 4) is 0 Å². The van der Waals surface area contributed by atoms with Crippen LogP contribution in [-0.2, 0) is 7.05 Å². The second-order valence-corrected chi connectivity index (χ2v) is 6.29. The van der Waals surface area contributed by atoms with Gasteiger partial charge in [0.05, 0.1) is 0 Å². The summed E-state index contributed by atoms with van der Waals surface area (Å²) >= 11 is 0. The van der Waals surface area contributed by atoms with Gasteiger partial charge in [0.25, 0.3) is 0 Å². The molecule has 3 heteroatoms. The number of aryl methyl sites for hydroxylation is 1. The van der Waals surface area contributed by atoms with Gasteiger partial charge in [0.1, 0.15) is 7.05 Å². The van der Waals surface area contributed by atoms with Crippen LogP contribution >= 0.6 is 0 Å². The van der Waals surface area contributed by atoms with E-state index in [1.807, 2.05) is 36.1 Å². The lowest BCUT2D eigenvalue weighted by Gasteiger charge is -1.97. The second kappa shape index (κ2) is 7.19. The second-order valence-electron chi connectivity index (χ2n) is 6.29. The van der Waals surface area contributed by atoms with Gasteiger partial charge in [-0.25, -0.2) is 4.57 Å². The van der Waals surface area contributed by atoms with Crippen LogP contribution in [0.25, 0.3) is 35.2 Å². The van der Waals surface area contributed by atoms with Gasteiger partial charge in [-0.05, 0) is 46.5 Å². The molecule has 4 rings (SSSR count). The van der Waals surface area contributed by atoms with E-state index in [-0.39, 0.29) is 0 Å². The molecule has 126 valence electrons. The fourth-order valence-electron chi connectivity index (χ4n) is 2.88. The third-order valence-electron chi connectivity index (χ3n) is 4.37. The molecule has 0 aliphatic heterocycles. The molecule has 3 aromatic heterocycles. The lowest BCUT2D eigenvalue weighted by Crippen LogP contribution is -2.25. The summed E-state index contributed by atoms with van der Waals surface area (Å²) in [5.74, 6) is 0. The SMILES string of the molecule is C[n+]1ccc(C=Cc2c[nH]c3ccc(/C=C/c4ccncc4)cc23)cc1. The van der Waals surface area contributed by atoms with E-state index in [0.717, 1.165) is 11.1 Å². The Hall–Kier alpha value is -3.46. The molecule has 0 atom stereocenters. The number of hydrogen-bond acceptors (Lipinski definition) is 1. The molecule has 0 radical (unpaired) electrons. The van der Waals surface area contributed by atoms with Crippen LogP contribution in [0.1, 0.15) is 22.3 Å². The first-order valence-corrected chi connectivity index (χ1v) is 8.60. The molecule has 0 amide bonds. The zero-order valence-electron chi connectivity index (χ0n) is 14.6. The Morgan fingerprint density at radius 3 is 2.31 bits per heavy atom. The maximum atomic E-state index is 4.05. The first-order chi connectivity index (χ1) is 12.8. The molecule has 1 N–H and O–H groups in total. The molecule has 26 heavy (non-hydrogen) atoms. The summed E-state index contributed by atoms with van der Waals surface area (Å²) in [4.78, 5) is 7.40. The number of rotatable bonds is 4. The molecule has 1 aromatic carbocycles. The van der Waals surface area contributed by atoms with E-state index in [2.05, 4.69) is 83.2 Å². The zero-order chi connectivity index (χ0) is 17.8. The number of H-pyrrole nitrogens is 1. The number of nitrogens with zero attached hydrogens (tertiary/aromatic N) is 2. The summed E-state index contributed by atoms with van der Waals surface area (Å²) in [6.45, 7) is 0. The van der Waals surface area contributed by atoms with Crippen LogP contribution in [0.15, 0.2) is 73.4 Å². The van der Waals surface area contributed by atoms with E-state index < -0.39 is 0 Å². The summed E-state index contributed by atoms with van der Waals surface area (Å²) in [7, 11) is 2.02. The van der Waals surface area contributed by atoms with Gasteiger partial charge in [-0.15, -0.1) is 0 Å². The van der Waals surface area contributed by atoms with Crippen LogP contribution in [0.5, 0.6) is 0 Å². The van der Waals surface area contributed by atoms with Crippen molar-refractivity contribution in [3.63, 3.8) is 0 Å². The predicted molar refractivity (Wildman–Crippen MR) is 108 cm³/mol. The van der Waals surface area contributed by atoms with Gasteiger partial charge >= 0.3 is 0 Å². The number of fused-ring (bicyclic) bond motifs is 1. The summed E-state index contributed by atoms with van der Waals surface area (Å²) in [5, 5.41) is 1.22. The van der Waals surface area contributed by atoms with Crippen molar-refractivity contribution in [2.24, 2.45) is 7.05 Å². The number of aromatic amines is 1. The molecule has 0 aliphatic rings. The van der Waals surface area contributed by atoms with Crippen molar-refractivity contribution >= 4 is 35.2 Å². The minimum absolute atomic E-state index is 1.14. The smallest absolute Gasteiger partial charge is 0.169 e. The molecule has 0 unspecified atom stereocenters. The molecule has 0 saturated heterocycles. The maximum absolute atomic E-state index is 4.05. The standard InChI is InChI=1S/C23H19N3/c1-26-14-10-19(11-15-26)4-6-21-17-25-23-7-5-20(16-22(21)23)3-2-18-8-12-24-13-9-18/h2-17H,1H3/p+1/b3-2+. The molecule has 0 spiro atoms. The summed E-state index contributed by atoms with van der Waals surface area (Å²) in [6, 6.07) is 14.7. The minimum atomic E-state index is 1.14. The van der Waals surface area contributed by atoms with Crippen LogP contribution in [0, 0.1) is 0 Å². The van der Waals surface area contributed by atoms with Crippen LogP contribution in [0.3, 0.4) is 0 Å². The quantitative estimate of drug-likeness (QED) is 0.536. The van der Waals surface area contributed by atoms with E-state index in [1.165, 1.54) is 22.1 Å². The van der Waals surface area contributed by atoms with E-state index in [4.69, 9.17) is 0 Å². The van der Waals surface area contributed by atoms with E-state index in [0.29, 0.717) is 0 Å². The molecular formula is C23H20N3+. The first kappa shape index (κ1) is 16.0. The van der Waals surface area contributed by atoms with Gasteiger partial charge in [0.15, 0.2) is 12.4 Å². The number of hydrogen-bond donors (Lipinski definition) is 1. The Morgan fingerprint density at radius 2 is 1.50 bits per heavy atom. The van der Waals surface area contributed by atoms with Crippen LogP contribution in [0.2, 0.25) is 0 Å². The Bertz CT molecular complexity index is 1070. The third-order valence-corrected chi connectivity index (χ3v) is 4.37. The third kappa shape index (κ3) is 3.62. The Labute approximate surface area is 153 Å². The molecule has 0 fully saturated rings. The Kier molecular flexibility index (Phi) is 4.44. The van der Waals surface area contributed by atoms with E-state index in [9.17, 15) is 0 Å². The highest BCUT2D eigenvalue weighted by Crippen LogP contribution is 2.23. The summed E-state index contributed by atoms with van der Waals surface area (Å²) in [6.07, 6.45) is 18.3. The van der Waals surface area contributed by atoms with Gasteiger partial charge in [-0.1, -0.05) is 30.4 Å². The molecule has 3 nitrogen and oxygen atoms in total. The fraction of sp³-hybridized carbons (Fsp3) is 0.0435. The average molecular weight is 338 g/mol. The van der Waals surface area contributed by atoms with Gasteiger partial charge < -0.3 is 4.98 Å². The van der Waals surface area contributed by atoms with Crippen LogP contribution in [0.4, 0.5) is 0 Å². The lowest BCUT2D eigenvalue weighted by molar-refractivity contribution is -0.671. The van der Waals surface area contributed by atoms with Crippen molar-refractivity contribution in [3.05, 3.63) is 95.7 Å². The molecular weight excluding hydrogens is 318 g/mol. The van der Waals surface area contributed by atoms with Crippen molar-refractivity contribution in [1.82, 2.24) is 9.97 Å². The van der Waals surface area contributed by atoms with E-state index >= 15 is 0 Å². The monoisotopic (exact) mass is 338 g/mol. The first-order valence-electron chi connectivity index (χ1n) is 8.60.